The van der Waals surface area contributed by atoms with Crippen LogP contribution in [-0.4, -0.2) is 23.3 Å². The van der Waals surface area contributed by atoms with Gasteiger partial charge in [0, 0.05) is 18.8 Å². The van der Waals surface area contributed by atoms with E-state index in [2.05, 4.69) is 31.0 Å². The first-order valence-corrected chi connectivity index (χ1v) is 13.0. The largest absolute Gasteiger partial charge is 0.445 e. The second-order valence-corrected chi connectivity index (χ2v) is 10.9. The predicted molar refractivity (Wildman–Crippen MR) is 128 cm³/mol. The highest BCUT2D eigenvalue weighted by molar-refractivity contribution is 5.96. The van der Waals surface area contributed by atoms with Crippen molar-refractivity contribution in [3.63, 3.8) is 0 Å². The fourth-order valence-electron chi connectivity index (χ4n) is 7.62. The predicted octanol–water partition coefficient (Wildman–Crippen LogP) is 5.97. The van der Waals surface area contributed by atoms with Crippen molar-refractivity contribution < 1.29 is 19.2 Å². The van der Waals surface area contributed by atoms with Crippen molar-refractivity contribution in [2.24, 2.45) is 34.2 Å². The van der Waals surface area contributed by atoms with E-state index < -0.39 is 5.60 Å². The van der Waals surface area contributed by atoms with E-state index in [-0.39, 0.29) is 17.4 Å². The standard InChI is InChI=1S/C28H39NO4/c1-5-7-8-9-26(31)33-29-21-11-13-22-20(18-21)10-12-24-23(22)14-16-27(4)25(24)15-17-28(27,6-2)32-19(3)30/h2,18,22-25H,5,7-17H2,1,3-4H3/b29-21-/t22-,23+,24+,25-,27-,28-/m0/s1. The molecule has 0 saturated heterocycles. The van der Waals surface area contributed by atoms with Crippen LogP contribution in [0.4, 0.5) is 0 Å². The van der Waals surface area contributed by atoms with Gasteiger partial charge in [0.1, 0.15) is 0 Å². The zero-order valence-corrected chi connectivity index (χ0v) is 20.5. The minimum absolute atomic E-state index is 0.136. The van der Waals surface area contributed by atoms with Crippen LogP contribution in [0.2, 0.25) is 0 Å². The van der Waals surface area contributed by atoms with Crippen molar-refractivity contribution in [3.8, 4) is 12.3 Å². The average molecular weight is 454 g/mol. The van der Waals surface area contributed by atoms with E-state index in [1.807, 2.05) is 0 Å². The van der Waals surface area contributed by atoms with Crippen LogP contribution in [0.5, 0.6) is 0 Å². The number of carbonyl (C=O) groups excluding carboxylic acids is 2. The molecule has 0 unspecified atom stereocenters. The van der Waals surface area contributed by atoms with Gasteiger partial charge in [0.25, 0.3) is 0 Å². The van der Waals surface area contributed by atoms with Crippen LogP contribution in [0.25, 0.3) is 0 Å². The van der Waals surface area contributed by atoms with E-state index in [9.17, 15) is 9.59 Å². The van der Waals surface area contributed by atoms with Crippen molar-refractivity contribution in [2.75, 3.05) is 0 Å². The first-order valence-electron chi connectivity index (χ1n) is 13.0. The Labute approximate surface area is 198 Å². The molecule has 4 aliphatic carbocycles. The number of carbonyl (C=O) groups is 2. The SMILES string of the molecule is C#C[C@]1(OC(C)=O)CC[C@H]2[C@@H]3CCC4=C/C(=N\OC(=O)CCCCC)CC[C@@H]4[C@H]3CC[C@@]21C. The highest BCUT2D eigenvalue weighted by atomic mass is 16.7. The number of allylic oxidation sites excluding steroid dienone is 2. The zero-order valence-electron chi connectivity index (χ0n) is 20.5. The molecule has 0 aromatic carbocycles. The molecule has 0 N–H and O–H groups in total. The normalized spacial score (nSPS) is 38.4. The Hall–Kier alpha value is -2.09. The lowest BCUT2D eigenvalue weighted by Crippen LogP contribution is -2.53. The molecule has 0 spiro atoms. The number of oxime groups is 1. The number of hydrogen-bond donors (Lipinski definition) is 0. The quantitative estimate of drug-likeness (QED) is 0.163. The lowest BCUT2D eigenvalue weighted by atomic mass is 9.50. The third kappa shape index (κ3) is 4.38. The third-order valence-electron chi connectivity index (χ3n) is 9.24. The number of rotatable bonds is 6. The molecule has 4 rings (SSSR count). The van der Waals surface area contributed by atoms with E-state index in [0.717, 1.165) is 76.3 Å². The third-order valence-corrected chi connectivity index (χ3v) is 9.24. The summed E-state index contributed by atoms with van der Waals surface area (Å²) in [4.78, 5) is 29.0. The second-order valence-electron chi connectivity index (χ2n) is 10.9. The number of ether oxygens (including phenoxy) is 1. The van der Waals surface area contributed by atoms with Crippen molar-refractivity contribution in [3.05, 3.63) is 11.6 Å². The number of esters is 1. The van der Waals surface area contributed by atoms with E-state index in [1.165, 1.54) is 12.5 Å². The average Bonchev–Trinajstić information content (AvgIpc) is 3.09. The second kappa shape index (κ2) is 9.65. The molecule has 0 aromatic rings. The number of unbranched alkanes of at least 4 members (excludes halogenated alkanes) is 2. The van der Waals surface area contributed by atoms with Gasteiger partial charge in [0.2, 0.25) is 0 Å². The molecule has 0 amide bonds. The first kappa shape index (κ1) is 24.0. The smallest absolute Gasteiger partial charge is 0.335 e. The van der Waals surface area contributed by atoms with E-state index in [4.69, 9.17) is 16.0 Å². The Balaban J connectivity index is 1.44. The van der Waals surface area contributed by atoms with E-state index in [0.29, 0.717) is 30.1 Å². The minimum Gasteiger partial charge on any atom is -0.445 e. The molecule has 6 atom stereocenters. The molecule has 5 nitrogen and oxygen atoms in total. The molecule has 0 radical (unpaired) electrons. The summed E-state index contributed by atoms with van der Waals surface area (Å²) in [5.41, 5.74) is 1.50. The Kier molecular flexibility index (Phi) is 7.03. The topological polar surface area (TPSA) is 65.0 Å². The summed E-state index contributed by atoms with van der Waals surface area (Å²) in [5.74, 6) is 4.82. The lowest BCUT2D eigenvalue weighted by molar-refractivity contribution is -0.167. The van der Waals surface area contributed by atoms with Crippen LogP contribution in [0.3, 0.4) is 0 Å². The molecule has 0 aliphatic heterocycles. The fraction of sp³-hybridized carbons (Fsp3) is 0.750. The number of fused-ring (bicyclic) bond motifs is 5. The van der Waals surface area contributed by atoms with Crippen LogP contribution in [0.1, 0.15) is 97.8 Å². The molecule has 33 heavy (non-hydrogen) atoms. The van der Waals surface area contributed by atoms with Gasteiger partial charge in [-0.3, -0.25) is 4.79 Å². The molecule has 0 aromatic heterocycles. The van der Waals surface area contributed by atoms with Gasteiger partial charge in [-0.15, -0.1) is 6.42 Å². The maximum Gasteiger partial charge on any atom is 0.335 e. The van der Waals surface area contributed by atoms with Gasteiger partial charge < -0.3 is 9.57 Å². The highest BCUT2D eigenvalue weighted by Crippen LogP contribution is 2.65. The summed E-state index contributed by atoms with van der Waals surface area (Å²) >= 11 is 0. The number of terminal acetylenes is 1. The maximum atomic E-state index is 11.9. The Bertz CT molecular complexity index is 883. The van der Waals surface area contributed by atoms with Gasteiger partial charge in [0.15, 0.2) is 5.60 Å². The number of nitrogens with zero attached hydrogens (tertiary/aromatic N) is 1. The van der Waals surface area contributed by atoms with Crippen molar-refractivity contribution in [1.29, 1.82) is 0 Å². The molecule has 180 valence electrons. The van der Waals surface area contributed by atoms with Crippen LogP contribution in [0.15, 0.2) is 16.8 Å². The van der Waals surface area contributed by atoms with Crippen LogP contribution < -0.4 is 0 Å². The first-order chi connectivity index (χ1) is 15.8. The summed E-state index contributed by atoms with van der Waals surface area (Å²) < 4.78 is 5.85. The van der Waals surface area contributed by atoms with Crippen LogP contribution in [-0.2, 0) is 19.2 Å². The molecule has 0 bridgehead atoms. The van der Waals surface area contributed by atoms with Gasteiger partial charge in [-0.05, 0) is 87.5 Å². The Morgan fingerprint density at radius 2 is 1.97 bits per heavy atom. The van der Waals surface area contributed by atoms with E-state index >= 15 is 0 Å². The van der Waals surface area contributed by atoms with Gasteiger partial charge in [-0.25, -0.2) is 4.79 Å². The van der Waals surface area contributed by atoms with Gasteiger partial charge in [-0.2, -0.15) is 0 Å². The summed E-state index contributed by atoms with van der Waals surface area (Å²) in [6.07, 6.45) is 19.8. The monoisotopic (exact) mass is 453 g/mol. The lowest BCUT2D eigenvalue weighted by Gasteiger charge is -2.55. The van der Waals surface area contributed by atoms with Gasteiger partial charge in [-0.1, -0.05) is 43.3 Å². The van der Waals surface area contributed by atoms with Crippen molar-refractivity contribution in [2.45, 2.75) is 103 Å². The molecular formula is C28H39NO4. The van der Waals surface area contributed by atoms with E-state index in [1.54, 1.807) is 0 Å². The molecule has 3 fully saturated rings. The van der Waals surface area contributed by atoms with Gasteiger partial charge in [0.05, 0.1) is 5.71 Å². The summed E-state index contributed by atoms with van der Waals surface area (Å²) in [7, 11) is 0. The zero-order chi connectivity index (χ0) is 23.6. The minimum atomic E-state index is -0.752. The van der Waals surface area contributed by atoms with Crippen LogP contribution >= 0.6 is 0 Å². The Morgan fingerprint density at radius 3 is 2.70 bits per heavy atom. The summed E-state index contributed by atoms with van der Waals surface area (Å²) in [5, 5.41) is 4.20. The Morgan fingerprint density at radius 1 is 1.15 bits per heavy atom. The molecule has 5 heteroatoms. The summed E-state index contributed by atoms with van der Waals surface area (Å²) in [6, 6.07) is 0. The molecule has 4 aliphatic rings. The molecular weight excluding hydrogens is 414 g/mol. The van der Waals surface area contributed by atoms with Crippen molar-refractivity contribution in [1.82, 2.24) is 0 Å². The van der Waals surface area contributed by atoms with Crippen LogP contribution in [0, 0.1) is 41.4 Å². The molecule has 0 heterocycles. The summed E-state index contributed by atoms with van der Waals surface area (Å²) in [6.45, 7) is 5.87. The molecule has 3 saturated carbocycles. The highest BCUT2D eigenvalue weighted by Gasteiger charge is 2.64. The van der Waals surface area contributed by atoms with Crippen molar-refractivity contribution >= 4 is 17.7 Å². The maximum absolute atomic E-state index is 11.9. The number of hydrogen-bond acceptors (Lipinski definition) is 5. The van der Waals surface area contributed by atoms with Gasteiger partial charge >= 0.3 is 11.9 Å². The fourth-order valence-corrected chi connectivity index (χ4v) is 7.62.